The second kappa shape index (κ2) is 6.45. The molecular weight excluding hydrogens is 275 g/mol. The van der Waals surface area contributed by atoms with E-state index in [9.17, 15) is 4.57 Å². The lowest BCUT2D eigenvalue weighted by Gasteiger charge is -2.22. The average molecular weight is 296 g/mol. The molecule has 0 N–H and O–H groups in total. The summed E-state index contributed by atoms with van der Waals surface area (Å²) in [5.41, 5.74) is 0. The van der Waals surface area contributed by atoms with E-state index in [1.54, 1.807) is 0 Å². The van der Waals surface area contributed by atoms with Crippen LogP contribution in [-0.2, 0) is 4.57 Å². The first-order valence-electron chi connectivity index (χ1n) is 7.73. The maximum Gasteiger partial charge on any atom is 0.166 e. The van der Waals surface area contributed by atoms with Crippen molar-refractivity contribution in [2.45, 2.75) is 32.1 Å². The van der Waals surface area contributed by atoms with Gasteiger partial charge in [-0.1, -0.05) is 73.2 Å². The van der Waals surface area contributed by atoms with Crippen LogP contribution in [0, 0.1) is 0 Å². The highest BCUT2D eigenvalue weighted by Crippen LogP contribution is 2.54. The van der Waals surface area contributed by atoms with Gasteiger partial charge in [0.2, 0.25) is 0 Å². The van der Waals surface area contributed by atoms with Crippen LogP contribution in [-0.4, -0.2) is 0 Å². The van der Waals surface area contributed by atoms with Gasteiger partial charge in [-0.05, 0) is 31.0 Å². The van der Waals surface area contributed by atoms with Gasteiger partial charge < -0.3 is 4.57 Å². The van der Waals surface area contributed by atoms with E-state index >= 15 is 0 Å². The lowest BCUT2D eigenvalue weighted by Crippen LogP contribution is -2.17. The summed E-state index contributed by atoms with van der Waals surface area (Å²) in [7, 11) is -2.67. The lowest BCUT2D eigenvalue weighted by atomic mass is 10.2. The van der Waals surface area contributed by atoms with E-state index in [-0.39, 0.29) is 0 Å². The minimum absolute atomic E-state index is 0.959. The molecule has 0 unspecified atom stereocenters. The zero-order chi connectivity index (χ0) is 14.5. The molecule has 0 radical (unpaired) electrons. The van der Waals surface area contributed by atoms with Crippen molar-refractivity contribution >= 4 is 17.8 Å². The Hall–Kier alpha value is -1.59. The predicted molar refractivity (Wildman–Crippen MR) is 90.9 cm³/mol. The van der Waals surface area contributed by atoms with Crippen molar-refractivity contribution in [1.29, 1.82) is 0 Å². The van der Waals surface area contributed by atoms with Crippen LogP contribution in [0.25, 0.3) is 0 Å². The van der Waals surface area contributed by atoms with Crippen molar-refractivity contribution in [2.24, 2.45) is 0 Å². The van der Waals surface area contributed by atoms with Crippen molar-refractivity contribution in [3.8, 4) is 0 Å². The SMILES string of the molecule is O=P(C1=CCCCCC1)(c1ccccc1)c1ccccc1. The molecule has 1 nitrogen and oxygen atoms in total. The third-order valence-electron chi connectivity index (χ3n) is 4.16. The highest BCUT2D eigenvalue weighted by atomic mass is 31.2. The maximum absolute atomic E-state index is 14.1. The monoisotopic (exact) mass is 296 g/mol. The minimum atomic E-state index is -2.67. The largest absolute Gasteiger partial charge is 0.309 e. The van der Waals surface area contributed by atoms with Gasteiger partial charge in [-0.15, -0.1) is 0 Å². The summed E-state index contributed by atoms with van der Waals surface area (Å²) < 4.78 is 14.1. The number of allylic oxidation sites excluding steroid dienone is 2. The summed E-state index contributed by atoms with van der Waals surface area (Å²) in [6, 6.07) is 20.0. The molecule has 0 bridgehead atoms. The fourth-order valence-electron chi connectivity index (χ4n) is 3.04. The third-order valence-corrected chi connectivity index (χ3v) is 7.43. The first kappa shape index (κ1) is 14.4. The normalized spacial score (nSPS) is 16.1. The molecule has 0 aliphatic heterocycles. The molecule has 1 aliphatic rings. The Morgan fingerprint density at radius 2 is 1.29 bits per heavy atom. The lowest BCUT2D eigenvalue weighted by molar-refractivity contribution is 0.589. The molecule has 0 saturated heterocycles. The molecule has 0 heterocycles. The number of hydrogen-bond donors (Lipinski definition) is 0. The fraction of sp³-hybridized carbons (Fsp3) is 0.263. The Kier molecular flexibility index (Phi) is 4.41. The van der Waals surface area contributed by atoms with Crippen LogP contribution in [0.15, 0.2) is 72.1 Å². The van der Waals surface area contributed by atoms with Gasteiger partial charge in [0.15, 0.2) is 7.14 Å². The molecule has 0 aromatic heterocycles. The van der Waals surface area contributed by atoms with E-state index < -0.39 is 7.14 Å². The zero-order valence-corrected chi connectivity index (χ0v) is 13.1. The molecule has 2 aromatic rings. The fourth-order valence-corrected chi connectivity index (χ4v) is 6.05. The van der Waals surface area contributed by atoms with Crippen LogP contribution in [0.5, 0.6) is 0 Å². The molecule has 0 saturated carbocycles. The van der Waals surface area contributed by atoms with Gasteiger partial charge in [-0.2, -0.15) is 0 Å². The summed E-state index contributed by atoms with van der Waals surface area (Å²) in [5.74, 6) is 0. The van der Waals surface area contributed by atoms with Crippen LogP contribution in [0.3, 0.4) is 0 Å². The molecule has 3 rings (SSSR count). The van der Waals surface area contributed by atoms with Gasteiger partial charge in [0, 0.05) is 10.6 Å². The molecule has 0 fully saturated rings. The molecule has 0 spiro atoms. The summed E-state index contributed by atoms with van der Waals surface area (Å²) in [4.78, 5) is 0. The molecule has 2 aromatic carbocycles. The van der Waals surface area contributed by atoms with E-state index in [1.807, 2.05) is 60.7 Å². The topological polar surface area (TPSA) is 17.1 Å². The van der Waals surface area contributed by atoms with Crippen molar-refractivity contribution in [2.75, 3.05) is 0 Å². The summed E-state index contributed by atoms with van der Waals surface area (Å²) in [5, 5.41) is 3.08. The van der Waals surface area contributed by atoms with Crippen LogP contribution in [0.1, 0.15) is 32.1 Å². The van der Waals surface area contributed by atoms with Crippen molar-refractivity contribution in [3.63, 3.8) is 0 Å². The Morgan fingerprint density at radius 1 is 0.714 bits per heavy atom. The Labute approximate surface area is 127 Å². The van der Waals surface area contributed by atoms with E-state index in [0.717, 1.165) is 35.2 Å². The molecule has 0 amide bonds. The highest BCUT2D eigenvalue weighted by molar-refractivity contribution is 7.82. The van der Waals surface area contributed by atoms with E-state index in [0.29, 0.717) is 0 Å². The maximum atomic E-state index is 14.1. The standard InChI is InChI=1S/C19H21OP/c20-21(18-13-7-3-8-14-18,19-15-9-4-10-16-19)17-11-5-1-2-6-12-17/h3-4,7-11,13-16H,1-2,5-6,12H2. The quantitative estimate of drug-likeness (QED) is 0.740. The van der Waals surface area contributed by atoms with Gasteiger partial charge in [0.05, 0.1) is 0 Å². The molecule has 2 heteroatoms. The number of rotatable bonds is 3. The summed E-state index contributed by atoms with van der Waals surface area (Å²) >= 11 is 0. The molecule has 0 atom stereocenters. The number of hydrogen-bond acceptors (Lipinski definition) is 1. The average Bonchev–Trinajstić information content (AvgIpc) is 2.85. The summed E-state index contributed by atoms with van der Waals surface area (Å²) in [6.45, 7) is 0. The Morgan fingerprint density at radius 3 is 1.86 bits per heavy atom. The van der Waals surface area contributed by atoms with E-state index in [4.69, 9.17) is 0 Å². The van der Waals surface area contributed by atoms with Crippen LogP contribution in [0.2, 0.25) is 0 Å². The molecular formula is C19H21OP. The first-order valence-corrected chi connectivity index (χ1v) is 9.43. The third kappa shape index (κ3) is 2.89. The van der Waals surface area contributed by atoms with Crippen molar-refractivity contribution in [1.82, 2.24) is 0 Å². The van der Waals surface area contributed by atoms with Crippen molar-refractivity contribution < 1.29 is 4.57 Å². The second-order valence-electron chi connectivity index (χ2n) is 5.58. The number of benzene rings is 2. The molecule has 1 aliphatic carbocycles. The molecule has 21 heavy (non-hydrogen) atoms. The minimum Gasteiger partial charge on any atom is -0.309 e. The van der Waals surface area contributed by atoms with Crippen LogP contribution >= 0.6 is 7.14 Å². The Balaban J connectivity index is 2.16. The van der Waals surface area contributed by atoms with Crippen molar-refractivity contribution in [3.05, 3.63) is 72.1 Å². The second-order valence-corrected chi connectivity index (χ2v) is 8.40. The zero-order valence-electron chi connectivity index (χ0n) is 12.2. The van der Waals surface area contributed by atoms with Gasteiger partial charge in [-0.3, -0.25) is 0 Å². The van der Waals surface area contributed by atoms with E-state index in [2.05, 4.69) is 6.08 Å². The molecule has 108 valence electrons. The highest BCUT2D eigenvalue weighted by Gasteiger charge is 2.31. The first-order chi connectivity index (χ1) is 10.3. The van der Waals surface area contributed by atoms with Gasteiger partial charge >= 0.3 is 0 Å². The van der Waals surface area contributed by atoms with Gasteiger partial charge in [0.25, 0.3) is 0 Å². The smallest absolute Gasteiger partial charge is 0.166 e. The van der Waals surface area contributed by atoms with Crippen LogP contribution in [0.4, 0.5) is 0 Å². The van der Waals surface area contributed by atoms with Gasteiger partial charge in [0.1, 0.15) is 0 Å². The van der Waals surface area contributed by atoms with E-state index in [1.165, 1.54) is 12.8 Å². The van der Waals surface area contributed by atoms with Gasteiger partial charge in [-0.25, -0.2) is 0 Å². The summed E-state index contributed by atoms with van der Waals surface area (Å²) in [6.07, 6.45) is 7.86. The van der Waals surface area contributed by atoms with Crippen LogP contribution < -0.4 is 10.6 Å². The predicted octanol–water partition coefficient (Wildman–Crippen LogP) is 4.85. The Bertz CT molecular complexity index is 615.